The van der Waals surface area contributed by atoms with Crippen molar-refractivity contribution in [1.82, 2.24) is 10.2 Å². The van der Waals surface area contributed by atoms with Gasteiger partial charge in [0.2, 0.25) is 5.91 Å². The molecule has 6 heteroatoms. The third-order valence-corrected chi connectivity index (χ3v) is 6.68. The first-order chi connectivity index (χ1) is 15.9. The standard InChI is InChI=1S/C27H35ClN2O3/c1-19(2)23-14-8-10-16-25(23)33-18-26(31)30(17-21-11-7-9-15-24(21)28)20(3)27(32)29-22-12-5-4-6-13-22/h7-11,14-16,19-20,22H,4-6,12-13,17-18H2,1-3H3,(H,29,32)/t20-/m1/s1. The molecule has 1 atom stereocenters. The zero-order valence-corrected chi connectivity index (χ0v) is 20.6. The number of carbonyl (C=O) groups excluding carboxylic acids is 2. The topological polar surface area (TPSA) is 58.6 Å². The van der Waals surface area contributed by atoms with Gasteiger partial charge >= 0.3 is 0 Å². The maximum Gasteiger partial charge on any atom is 0.261 e. The van der Waals surface area contributed by atoms with E-state index in [0.29, 0.717) is 10.8 Å². The van der Waals surface area contributed by atoms with Crippen LogP contribution in [-0.2, 0) is 16.1 Å². The number of benzene rings is 2. The first-order valence-corrected chi connectivity index (χ1v) is 12.3. The number of nitrogens with one attached hydrogen (secondary N) is 1. The van der Waals surface area contributed by atoms with Gasteiger partial charge in [0.05, 0.1) is 0 Å². The van der Waals surface area contributed by atoms with Gasteiger partial charge in [0.1, 0.15) is 11.8 Å². The highest BCUT2D eigenvalue weighted by atomic mass is 35.5. The van der Waals surface area contributed by atoms with E-state index in [9.17, 15) is 9.59 Å². The number of hydrogen-bond donors (Lipinski definition) is 1. The maximum atomic E-state index is 13.3. The summed E-state index contributed by atoms with van der Waals surface area (Å²) in [5.41, 5.74) is 1.85. The van der Waals surface area contributed by atoms with Gasteiger partial charge in [0.25, 0.3) is 5.91 Å². The zero-order chi connectivity index (χ0) is 23.8. The second-order valence-electron chi connectivity index (χ2n) is 9.11. The van der Waals surface area contributed by atoms with E-state index in [1.807, 2.05) is 42.5 Å². The molecule has 1 saturated carbocycles. The molecule has 178 valence electrons. The van der Waals surface area contributed by atoms with Gasteiger partial charge in [0, 0.05) is 17.6 Å². The molecule has 0 saturated heterocycles. The van der Waals surface area contributed by atoms with E-state index in [0.717, 1.165) is 36.8 Å². The number of hydrogen-bond acceptors (Lipinski definition) is 3. The zero-order valence-electron chi connectivity index (χ0n) is 19.9. The Labute approximate surface area is 202 Å². The Bertz CT molecular complexity index is 940. The van der Waals surface area contributed by atoms with Gasteiger partial charge in [-0.1, -0.05) is 81.1 Å². The molecule has 33 heavy (non-hydrogen) atoms. The first kappa shape index (κ1) is 25.1. The molecule has 0 aromatic heterocycles. The van der Waals surface area contributed by atoms with Crippen LogP contribution >= 0.6 is 11.6 Å². The summed E-state index contributed by atoms with van der Waals surface area (Å²) in [6, 6.07) is 14.7. The lowest BCUT2D eigenvalue weighted by atomic mass is 9.95. The Kier molecular flexibility index (Phi) is 9.19. The SMILES string of the molecule is CC(C)c1ccccc1OCC(=O)N(Cc1ccccc1Cl)[C@H](C)C(=O)NC1CCCCC1. The van der Waals surface area contributed by atoms with Crippen molar-refractivity contribution in [2.75, 3.05) is 6.61 Å². The van der Waals surface area contributed by atoms with Gasteiger partial charge in [-0.25, -0.2) is 0 Å². The number of para-hydroxylation sites is 1. The summed E-state index contributed by atoms with van der Waals surface area (Å²) >= 11 is 6.37. The van der Waals surface area contributed by atoms with Crippen molar-refractivity contribution in [2.24, 2.45) is 0 Å². The minimum atomic E-state index is -0.639. The van der Waals surface area contributed by atoms with Gasteiger partial charge in [-0.15, -0.1) is 0 Å². The van der Waals surface area contributed by atoms with E-state index < -0.39 is 6.04 Å². The highest BCUT2D eigenvalue weighted by Gasteiger charge is 2.29. The van der Waals surface area contributed by atoms with Gasteiger partial charge in [-0.2, -0.15) is 0 Å². The molecule has 0 spiro atoms. The molecule has 0 heterocycles. The molecule has 1 fully saturated rings. The molecule has 1 aliphatic carbocycles. The number of ether oxygens (including phenoxy) is 1. The Balaban J connectivity index is 1.75. The number of carbonyl (C=O) groups is 2. The van der Waals surface area contributed by atoms with Crippen molar-refractivity contribution < 1.29 is 14.3 Å². The largest absolute Gasteiger partial charge is 0.483 e. The lowest BCUT2D eigenvalue weighted by Crippen LogP contribution is -2.51. The van der Waals surface area contributed by atoms with Crippen molar-refractivity contribution in [3.63, 3.8) is 0 Å². The van der Waals surface area contributed by atoms with Crippen LogP contribution in [0.1, 0.15) is 69.9 Å². The number of halogens is 1. The van der Waals surface area contributed by atoms with Crippen LogP contribution in [-0.4, -0.2) is 35.4 Å². The van der Waals surface area contributed by atoms with E-state index in [1.54, 1.807) is 17.9 Å². The minimum Gasteiger partial charge on any atom is -0.483 e. The van der Waals surface area contributed by atoms with Gasteiger partial charge < -0.3 is 15.0 Å². The van der Waals surface area contributed by atoms with Crippen molar-refractivity contribution in [2.45, 2.75) is 77.4 Å². The van der Waals surface area contributed by atoms with Gasteiger partial charge in [0.15, 0.2) is 6.61 Å². The second kappa shape index (κ2) is 12.1. The molecule has 0 radical (unpaired) electrons. The third-order valence-electron chi connectivity index (χ3n) is 6.31. The minimum absolute atomic E-state index is 0.134. The fraction of sp³-hybridized carbons (Fsp3) is 0.481. The van der Waals surface area contributed by atoms with Crippen molar-refractivity contribution in [1.29, 1.82) is 0 Å². The highest BCUT2D eigenvalue weighted by molar-refractivity contribution is 6.31. The molecule has 2 aromatic carbocycles. The Hall–Kier alpha value is -2.53. The Morgan fingerprint density at radius 1 is 1.03 bits per heavy atom. The molecule has 0 unspecified atom stereocenters. The van der Waals surface area contributed by atoms with Crippen LogP contribution in [0.2, 0.25) is 5.02 Å². The summed E-state index contributed by atoms with van der Waals surface area (Å²) in [6.07, 6.45) is 5.46. The quantitative estimate of drug-likeness (QED) is 0.510. The van der Waals surface area contributed by atoms with Crippen molar-refractivity contribution >= 4 is 23.4 Å². The molecule has 0 aliphatic heterocycles. The second-order valence-corrected chi connectivity index (χ2v) is 9.52. The molecular weight excluding hydrogens is 436 g/mol. The van der Waals surface area contributed by atoms with Crippen LogP contribution < -0.4 is 10.1 Å². The summed E-state index contributed by atoms with van der Waals surface area (Å²) in [5.74, 6) is 0.582. The molecule has 5 nitrogen and oxygen atoms in total. The average molecular weight is 471 g/mol. The Morgan fingerprint density at radius 2 is 1.70 bits per heavy atom. The van der Waals surface area contributed by atoms with Crippen LogP contribution in [0.25, 0.3) is 0 Å². The number of nitrogens with zero attached hydrogens (tertiary/aromatic N) is 1. The monoisotopic (exact) mass is 470 g/mol. The molecule has 1 N–H and O–H groups in total. The molecule has 2 aromatic rings. The van der Waals surface area contributed by atoms with Crippen LogP contribution in [0.5, 0.6) is 5.75 Å². The van der Waals surface area contributed by atoms with E-state index in [4.69, 9.17) is 16.3 Å². The van der Waals surface area contributed by atoms with Gasteiger partial charge in [-0.05, 0) is 48.9 Å². The van der Waals surface area contributed by atoms with E-state index in [1.165, 1.54) is 6.42 Å². The summed E-state index contributed by atoms with van der Waals surface area (Å²) < 4.78 is 5.93. The van der Waals surface area contributed by atoms with Crippen LogP contribution in [0, 0.1) is 0 Å². The fourth-order valence-electron chi connectivity index (χ4n) is 4.27. The molecule has 1 aliphatic rings. The smallest absolute Gasteiger partial charge is 0.261 e. The van der Waals surface area contributed by atoms with E-state index >= 15 is 0 Å². The highest BCUT2D eigenvalue weighted by Crippen LogP contribution is 2.26. The maximum absolute atomic E-state index is 13.3. The predicted molar refractivity (Wildman–Crippen MR) is 133 cm³/mol. The lowest BCUT2D eigenvalue weighted by molar-refractivity contribution is -0.142. The fourth-order valence-corrected chi connectivity index (χ4v) is 4.47. The summed E-state index contributed by atoms with van der Waals surface area (Å²) in [6.45, 7) is 6.05. The average Bonchev–Trinajstić information content (AvgIpc) is 2.82. The predicted octanol–water partition coefficient (Wildman–Crippen LogP) is 5.71. The Morgan fingerprint density at radius 3 is 2.39 bits per heavy atom. The molecular formula is C27H35ClN2O3. The summed E-state index contributed by atoms with van der Waals surface area (Å²) in [4.78, 5) is 28.0. The third kappa shape index (κ3) is 6.97. The van der Waals surface area contributed by atoms with Crippen LogP contribution in [0.15, 0.2) is 48.5 Å². The first-order valence-electron chi connectivity index (χ1n) is 11.9. The summed E-state index contributed by atoms with van der Waals surface area (Å²) in [7, 11) is 0. The number of amides is 2. The van der Waals surface area contributed by atoms with Crippen LogP contribution in [0.4, 0.5) is 0 Å². The van der Waals surface area contributed by atoms with Crippen molar-refractivity contribution in [3.05, 3.63) is 64.7 Å². The number of rotatable bonds is 9. The van der Waals surface area contributed by atoms with Crippen LogP contribution in [0.3, 0.4) is 0 Å². The lowest BCUT2D eigenvalue weighted by Gasteiger charge is -2.31. The van der Waals surface area contributed by atoms with E-state index in [2.05, 4.69) is 19.2 Å². The molecule has 2 amide bonds. The summed E-state index contributed by atoms with van der Waals surface area (Å²) in [5, 5.41) is 3.72. The van der Waals surface area contributed by atoms with E-state index in [-0.39, 0.29) is 36.9 Å². The molecule has 3 rings (SSSR count). The normalized spacial score (nSPS) is 15.2. The molecule has 0 bridgehead atoms. The van der Waals surface area contributed by atoms with Crippen molar-refractivity contribution in [3.8, 4) is 5.75 Å². The van der Waals surface area contributed by atoms with Gasteiger partial charge in [-0.3, -0.25) is 9.59 Å².